The Morgan fingerprint density at radius 3 is 2.42 bits per heavy atom. The molecule has 2 N–H and O–H groups in total. The van der Waals surface area contributed by atoms with Gasteiger partial charge in [0, 0.05) is 12.6 Å². The minimum atomic E-state index is -0.0459. The zero-order valence-corrected chi connectivity index (χ0v) is 11.5. The Bertz CT molecular complexity index is 620. The zero-order chi connectivity index (χ0) is 14.0. The highest BCUT2D eigenvalue weighted by Crippen LogP contribution is 2.23. The lowest BCUT2D eigenvalue weighted by Gasteiger charge is -2.20. The largest absolute Gasteiger partial charge is 0.397 e. The van der Waals surface area contributed by atoms with Gasteiger partial charge >= 0.3 is 0 Å². The second-order valence-electron chi connectivity index (χ2n) is 4.74. The normalized spacial score (nSPS) is 10.3. The molecule has 0 aromatic heterocycles. The van der Waals surface area contributed by atoms with E-state index in [1.807, 2.05) is 50.2 Å². The number of hydrogen-bond donors (Lipinski definition) is 1. The third kappa shape index (κ3) is 2.60. The molecular formula is C16H18N2O. The number of nitrogens with two attached hydrogens (primary N) is 1. The number of nitrogens with zero attached hydrogens (tertiary/aromatic N) is 1. The summed E-state index contributed by atoms with van der Waals surface area (Å²) in [7, 11) is 1.74. The van der Waals surface area contributed by atoms with Gasteiger partial charge in [0.2, 0.25) is 0 Å². The smallest absolute Gasteiger partial charge is 0.258 e. The molecule has 0 fully saturated rings. The summed E-state index contributed by atoms with van der Waals surface area (Å²) in [5.74, 6) is -0.0459. The summed E-state index contributed by atoms with van der Waals surface area (Å²) >= 11 is 0. The molecule has 0 atom stereocenters. The molecular weight excluding hydrogens is 236 g/mol. The van der Waals surface area contributed by atoms with Crippen LogP contribution in [0.25, 0.3) is 0 Å². The Kier molecular flexibility index (Phi) is 3.56. The number of rotatable bonds is 2. The molecule has 3 heteroatoms. The third-order valence-corrected chi connectivity index (χ3v) is 3.22. The van der Waals surface area contributed by atoms with Crippen molar-refractivity contribution in [3.63, 3.8) is 0 Å². The van der Waals surface area contributed by atoms with Crippen molar-refractivity contribution in [2.24, 2.45) is 0 Å². The highest BCUT2D eigenvalue weighted by atomic mass is 16.2. The molecule has 0 saturated heterocycles. The van der Waals surface area contributed by atoms with E-state index in [1.165, 1.54) is 0 Å². The fourth-order valence-electron chi connectivity index (χ4n) is 2.14. The first-order valence-corrected chi connectivity index (χ1v) is 6.20. The molecule has 0 aliphatic heterocycles. The molecule has 0 spiro atoms. The monoisotopic (exact) mass is 254 g/mol. The van der Waals surface area contributed by atoms with E-state index in [9.17, 15) is 4.79 Å². The van der Waals surface area contributed by atoms with Crippen molar-refractivity contribution < 1.29 is 4.79 Å². The molecule has 1 amide bonds. The molecule has 2 aromatic carbocycles. The lowest BCUT2D eigenvalue weighted by Crippen LogP contribution is -2.27. The van der Waals surface area contributed by atoms with Gasteiger partial charge in [-0.2, -0.15) is 0 Å². The summed E-state index contributed by atoms with van der Waals surface area (Å²) in [6.45, 7) is 3.96. The highest BCUT2D eigenvalue weighted by Gasteiger charge is 2.16. The van der Waals surface area contributed by atoms with Crippen molar-refractivity contribution in [3.05, 3.63) is 59.2 Å². The van der Waals surface area contributed by atoms with Gasteiger partial charge in [-0.15, -0.1) is 0 Å². The van der Waals surface area contributed by atoms with E-state index in [2.05, 4.69) is 0 Å². The van der Waals surface area contributed by atoms with Crippen molar-refractivity contribution in [2.75, 3.05) is 17.7 Å². The van der Waals surface area contributed by atoms with Crippen molar-refractivity contribution in [1.82, 2.24) is 0 Å². The summed E-state index contributed by atoms with van der Waals surface area (Å²) in [6, 6.07) is 13.2. The SMILES string of the molecule is Cc1ccc(C(=O)N(C)c2ccccc2N)c(C)c1. The fraction of sp³-hybridized carbons (Fsp3) is 0.188. The van der Waals surface area contributed by atoms with E-state index in [0.717, 1.165) is 16.8 Å². The Morgan fingerprint density at radius 1 is 1.11 bits per heavy atom. The maximum atomic E-state index is 12.5. The summed E-state index contributed by atoms with van der Waals surface area (Å²) in [6.07, 6.45) is 0. The van der Waals surface area contributed by atoms with Gasteiger partial charge in [-0.05, 0) is 37.6 Å². The molecule has 2 aromatic rings. The topological polar surface area (TPSA) is 46.3 Å². The van der Waals surface area contributed by atoms with Gasteiger partial charge in [-0.3, -0.25) is 4.79 Å². The first-order chi connectivity index (χ1) is 9.00. The number of hydrogen-bond acceptors (Lipinski definition) is 2. The fourth-order valence-corrected chi connectivity index (χ4v) is 2.14. The molecule has 0 radical (unpaired) electrons. The molecule has 3 nitrogen and oxygen atoms in total. The lowest BCUT2D eigenvalue weighted by atomic mass is 10.0. The molecule has 0 unspecified atom stereocenters. The third-order valence-electron chi connectivity index (χ3n) is 3.22. The number of aryl methyl sites for hydroxylation is 2. The Morgan fingerprint density at radius 2 is 1.79 bits per heavy atom. The summed E-state index contributed by atoms with van der Waals surface area (Å²) in [4.78, 5) is 14.1. The molecule has 19 heavy (non-hydrogen) atoms. The van der Waals surface area contributed by atoms with E-state index >= 15 is 0 Å². The van der Waals surface area contributed by atoms with Crippen molar-refractivity contribution in [1.29, 1.82) is 0 Å². The number of carbonyl (C=O) groups is 1. The first kappa shape index (κ1) is 13.1. The Balaban J connectivity index is 2.37. The van der Waals surface area contributed by atoms with Crippen molar-refractivity contribution in [3.8, 4) is 0 Å². The number of amides is 1. The van der Waals surface area contributed by atoms with E-state index in [4.69, 9.17) is 5.73 Å². The van der Waals surface area contributed by atoms with E-state index < -0.39 is 0 Å². The van der Waals surface area contributed by atoms with Gasteiger partial charge < -0.3 is 10.6 Å². The quantitative estimate of drug-likeness (QED) is 0.837. The number of anilines is 2. The first-order valence-electron chi connectivity index (χ1n) is 6.20. The van der Waals surface area contributed by atoms with Gasteiger partial charge in [0.15, 0.2) is 0 Å². The summed E-state index contributed by atoms with van der Waals surface area (Å²) in [5, 5.41) is 0. The van der Waals surface area contributed by atoms with Crippen LogP contribution in [0, 0.1) is 13.8 Å². The summed E-state index contributed by atoms with van der Waals surface area (Å²) < 4.78 is 0. The molecule has 98 valence electrons. The van der Waals surface area contributed by atoms with E-state index in [-0.39, 0.29) is 5.91 Å². The van der Waals surface area contributed by atoms with Gasteiger partial charge in [-0.1, -0.05) is 29.8 Å². The van der Waals surface area contributed by atoms with E-state index in [0.29, 0.717) is 11.3 Å². The minimum absolute atomic E-state index is 0.0459. The van der Waals surface area contributed by atoms with Crippen LogP contribution < -0.4 is 10.6 Å². The highest BCUT2D eigenvalue weighted by molar-refractivity contribution is 6.08. The van der Waals surface area contributed by atoms with Crippen LogP contribution in [0.15, 0.2) is 42.5 Å². The molecule has 0 saturated carbocycles. The van der Waals surface area contributed by atoms with Gasteiger partial charge in [0.1, 0.15) is 0 Å². The average molecular weight is 254 g/mol. The zero-order valence-electron chi connectivity index (χ0n) is 11.5. The van der Waals surface area contributed by atoms with E-state index in [1.54, 1.807) is 18.0 Å². The van der Waals surface area contributed by atoms with Crippen LogP contribution in [0.3, 0.4) is 0 Å². The van der Waals surface area contributed by atoms with Crippen LogP contribution in [0.5, 0.6) is 0 Å². The van der Waals surface area contributed by atoms with Crippen molar-refractivity contribution >= 4 is 17.3 Å². The molecule has 0 heterocycles. The van der Waals surface area contributed by atoms with Crippen LogP contribution in [0.4, 0.5) is 11.4 Å². The Hall–Kier alpha value is -2.29. The maximum Gasteiger partial charge on any atom is 0.258 e. The average Bonchev–Trinajstić information content (AvgIpc) is 2.38. The van der Waals surface area contributed by atoms with Crippen LogP contribution in [0.1, 0.15) is 21.5 Å². The Labute approximate surface area is 113 Å². The van der Waals surface area contributed by atoms with Crippen LogP contribution in [0.2, 0.25) is 0 Å². The van der Waals surface area contributed by atoms with Crippen molar-refractivity contribution in [2.45, 2.75) is 13.8 Å². The predicted molar refractivity (Wildman–Crippen MR) is 79.5 cm³/mol. The number of nitrogen functional groups attached to an aromatic ring is 1. The molecule has 2 rings (SSSR count). The predicted octanol–water partition coefficient (Wildman–Crippen LogP) is 3.16. The van der Waals surface area contributed by atoms with Crippen LogP contribution >= 0.6 is 0 Å². The maximum absolute atomic E-state index is 12.5. The number of para-hydroxylation sites is 2. The van der Waals surface area contributed by atoms with Gasteiger partial charge in [-0.25, -0.2) is 0 Å². The van der Waals surface area contributed by atoms with Crippen LogP contribution in [-0.4, -0.2) is 13.0 Å². The van der Waals surface area contributed by atoms with Crippen LogP contribution in [-0.2, 0) is 0 Å². The molecule has 0 aliphatic rings. The van der Waals surface area contributed by atoms with Gasteiger partial charge in [0.25, 0.3) is 5.91 Å². The molecule has 0 aliphatic carbocycles. The molecule has 0 bridgehead atoms. The summed E-state index contributed by atoms with van der Waals surface area (Å²) in [5.41, 5.74) is 10.1. The number of benzene rings is 2. The lowest BCUT2D eigenvalue weighted by molar-refractivity contribution is 0.0992. The standard InChI is InChI=1S/C16H18N2O/c1-11-8-9-13(12(2)10-11)16(19)18(3)15-7-5-4-6-14(15)17/h4-10H,17H2,1-3H3. The second kappa shape index (κ2) is 5.14. The second-order valence-corrected chi connectivity index (χ2v) is 4.74. The van der Waals surface area contributed by atoms with Gasteiger partial charge in [0.05, 0.1) is 11.4 Å². The number of carbonyl (C=O) groups excluding carboxylic acids is 1. The minimum Gasteiger partial charge on any atom is -0.397 e.